The average molecular weight is 145 g/mol. The van der Waals surface area contributed by atoms with Gasteiger partial charge in [-0.1, -0.05) is 25.1 Å². The van der Waals surface area contributed by atoms with Crippen molar-refractivity contribution in [2.75, 3.05) is 0 Å². The minimum atomic E-state index is 1.18. The van der Waals surface area contributed by atoms with Gasteiger partial charge in [0.15, 0.2) is 0 Å². The van der Waals surface area contributed by atoms with Gasteiger partial charge in [0.1, 0.15) is 0 Å². The third-order valence-electron chi connectivity index (χ3n) is 2.45. The molecule has 0 aromatic heterocycles. The molecule has 1 aromatic carbocycles. The normalized spacial score (nSPS) is 15.0. The maximum atomic E-state index is 2.34. The van der Waals surface area contributed by atoms with Crippen LogP contribution in [-0.4, -0.2) is 0 Å². The molecule has 0 saturated carbocycles. The summed E-state index contributed by atoms with van der Waals surface area (Å²) in [6.07, 6.45) is 6.02. The molecule has 11 heavy (non-hydrogen) atoms. The topological polar surface area (TPSA) is 0 Å². The van der Waals surface area contributed by atoms with Gasteiger partial charge in [-0.05, 0) is 42.4 Å². The summed E-state index contributed by atoms with van der Waals surface area (Å²) in [5.41, 5.74) is 4.61. The molecule has 1 aliphatic rings. The molecule has 0 bridgehead atoms. The summed E-state index contributed by atoms with van der Waals surface area (Å²) in [6.45, 7) is 2.23. The second kappa shape index (κ2) is 2.69. The van der Waals surface area contributed by atoms with Crippen LogP contribution in [0, 0.1) is 6.42 Å². The van der Waals surface area contributed by atoms with Gasteiger partial charge in [-0.15, -0.1) is 0 Å². The Morgan fingerprint density at radius 3 is 3.09 bits per heavy atom. The third kappa shape index (κ3) is 1.07. The van der Waals surface area contributed by atoms with Gasteiger partial charge in [0.2, 0.25) is 0 Å². The lowest BCUT2D eigenvalue weighted by Gasteiger charge is -2.04. The molecule has 0 N–H and O–H groups in total. The highest BCUT2D eigenvalue weighted by molar-refractivity contribution is 5.43. The molecule has 1 aliphatic carbocycles. The lowest BCUT2D eigenvalue weighted by molar-refractivity contribution is 0.998. The van der Waals surface area contributed by atoms with Crippen molar-refractivity contribution >= 4 is 0 Å². The summed E-state index contributed by atoms with van der Waals surface area (Å²) in [7, 11) is 0. The number of hydrogen-bond acceptors (Lipinski definition) is 0. The minimum Gasteiger partial charge on any atom is -0.0617 e. The van der Waals surface area contributed by atoms with Crippen molar-refractivity contribution in [1.82, 2.24) is 0 Å². The largest absolute Gasteiger partial charge is 0.0617 e. The molecule has 1 aromatic rings. The van der Waals surface area contributed by atoms with Crippen molar-refractivity contribution in [2.45, 2.75) is 26.2 Å². The Bertz CT molecular complexity index is 261. The lowest BCUT2D eigenvalue weighted by atomic mass is 10.0. The van der Waals surface area contributed by atoms with E-state index in [-0.39, 0.29) is 0 Å². The average Bonchev–Trinajstić information content (AvgIpc) is 2.50. The van der Waals surface area contributed by atoms with Gasteiger partial charge in [0, 0.05) is 0 Å². The van der Waals surface area contributed by atoms with Crippen molar-refractivity contribution < 1.29 is 0 Å². The predicted octanol–water partition coefficient (Wildman–Crippen LogP) is 2.75. The van der Waals surface area contributed by atoms with E-state index < -0.39 is 0 Å². The SMILES string of the molecule is CCc1cccc2c1CC[CH]2. The molecule has 0 aliphatic heterocycles. The van der Waals surface area contributed by atoms with Crippen molar-refractivity contribution in [1.29, 1.82) is 0 Å². The standard InChI is InChI=1S/C11H13/c1-2-9-5-3-6-10-7-4-8-11(9)10/h3,5-7H,2,4,8H2,1H3. The highest BCUT2D eigenvalue weighted by Gasteiger charge is 2.12. The van der Waals surface area contributed by atoms with Gasteiger partial charge in [-0.3, -0.25) is 0 Å². The number of benzene rings is 1. The molecular weight excluding hydrogens is 132 g/mol. The highest BCUT2D eigenvalue weighted by Crippen LogP contribution is 2.26. The summed E-state index contributed by atoms with van der Waals surface area (Å²) in [5, 5.41) is 0. The monoisotopic (exact) mass is 145 g/mol. The molecule has 0 heterocycles. The van der Waals surface area contributed by atoms with Crippen LogP contribution in [0.2, 0.25) is 0 Å². The molecule has 0 heteroatoms. The first-order valence-electron chi connectivity index (χ1n) is 4.36. The first kappa shape index (κ1) is 6.90. The van der Waals surface area contributed by atoms with Crippen LogP contribution >= 0.6 is 0 Å². The van der Waals surface area contributed by atoms with Crippen LogP contribution in [0.15, 0.2) is 18.2 Å². The van der Waals surface area contributed by atoms with E-state index in [9.17, 15) is 0 Å². The third-order valence-corrected chi connectivity index (χ3v) is 2.45. The van der Waals surface area contributed by atoms with E-state index in [1.54, 1.807) is 5.56 Å². The first-order chi connectivity index (χ1) is 5.42. The fourth-order valence-corrected chi connectivity index (χ4v) is 1.85. The predicted molar refractivity (Wildman–Crippen MR) is 47.5 cm³/mol. The van der Waals surface area contributed by atoms with E-state index in [0.29, 0.717) is 0 Å². The van der Waals surface area contributed by atoms with E-state index in [0.717, 1.165) is 0 Å². The summed E-state index contributed by atoms with van der Waals surface area (Å²) >= 11 is 0. The number of fused-ring (bicyclic) bond motifs is 1. The molecule has 0 atom stereocenters. The van der Waals surface area contributed by atoms with Crippen LogP contribution < -0.4 is 0 Å². The van der Waals surface area contributed by atoms with Gasteiger partial charge in [-0.2, -0.15) is 0 Å². The zero-order valence-corrected chi connectivity index (χ0v) is 6.93. The van der Waals surface area contributed by atoms with Gasteiger partial charge >= 0.3 is 0 Å². The van der Waals surface area contributed by atoms with Crippen molar-refractivity contribution in [3.63, 3.8) is 0 Å². The van der Waals surface area contributed by atoms with Gasteiger partial charge in [-0.25, -0.2) is 0 Å². The number of hydrogen-bond donors (Lipinski definition) is 0. The fourth-order valence-electron chi connectivity index (χ4n) is 1.85. The van der Waals surface area contributed by atoms with E-state index in [1.807, 2.05) is 0 Å². The van der Waals surface area contributed by atoms with Crippen LogP contribution in [0.25, 0.3) is 0 Å². The summed E-state index contributed by atoms with van der Waals surface area (Å²) in [5.74, 6) is 0. The quantitative estimate of drug-likeness (QED) is 0.570. The van der Waals surface area contributed by atoms with Crippen LogP contribution in [-0.2, 0) is 12.8 Å². The first-order valence-corrected chi connectivity index (χ1v) is 4.36. The molecular formula is C11H13. The Morgan fingerprint density at radius 1 is 1.36 bits per heavy atom. The summed E-state index contributed by atoms with van der Waals surface area (Å²) < 4.78 is 0. The minimum absolute atomic E-state index is 1.18. The van der Waals surface area contributed by atoms with Crippen LogP contribution in [0.1, 0.15) is 30.0 Å². The molecule has 57 valence electrons. The van der Waals surface area contributed by atoms with Crippen molar-refractivity contribution in [3.05, 3.63) is 41.3 Å². The molecule has 0 spiro atoms. The van der Waals surface area contributed by atoms with Crippen LogP contribution in [0.4, 0.5) is 0 Å². The zero-order chi connectivity index (χ0) is 7.68. The van der Waals surface area contributed by atoms with E-state index in [4.69, 9.17) is 0 Å². The second-order valence-electron chi connectivity index (χ2n) is 3.08. The van der Waals surface area contributed by atoms with Crippen LogP contribution in [0.3, 0.4) is 0 Å². The molecule has 0 unspecified atom stereocenters. The maximum Gasteiger partial charge on any atom is -0.00869 e. The Kier molecular flexibility index (Phi) is 1.69. The molecule has 0 amide bonds. The zero-order valence-electron chi connectivity index (χ0n) is 6.93. The number of rotatable bonds is 1. The molecule has 0 saturated heterocycles. The molecule has 0 nitrogen and oxygen atoms in total. The molecule has 2 rings (SSSR count). The molecule has 0 fully saturated rings. The Labute approximate surface area is 68.3 Å². The lowest BCUT2D eigenvalue weighted by Crippen LogP contribution is -1.89. The van der Waals surface area contributed by atoms with Crippen molar-refractivity contribution in [2.24, 2.45) is 0 Å². The van der Waals surface area contributed by atoms with E-state index in [2.05, 4.69) is 31.5 Å². The Balaban J connectivity index is 2.50. The maximum absolute atomic E-state index is 2.34. The summed E-state index contributed by atoms with van der Waals surface area (Å²) in [6, 6.07) is 6.64. The van der Waals surface area contributed by atoms with E-state index in [1.165, 1.54) is 30.4 Å². The Hall–Kier alpha value is -0.780. The summed E-state index contributed by atoms with van der Waals surface area (Å²) in [4.78, 5) is 0. The smallest absolute Gasteiger partial charge is 0.00869 e. The van der Waals surface area contributed by atoms with Gasteiger partial charge in [0.05, 0.1) is 0 Å². The number of aryl methyl sites for hydroxylation is 1. The molecule has 1 radical (unpaired) electrons. The van der Waals surface area contributed by atoms with Crippen molar-refractivity contribution in [3.8, 4) is 0 Å². The van der Waals surface area contributed by atoms with E-state index >= 15 is 0 Å². The Morgan fingerprint density at radius 2 is 2.27 bits per heavy atom. The van der Waals surface area contributed by atoms with Crippen LogP contribution in [0.5, 0.6) is 0 Å². The second-order valence-corrected chi connectivity index (χ2v) is 3.08. The fraction of sp³-hybridized carbons (Fsp3) is 0.364. The van der Waals surface area contributed by atoms with Gasteiger partial charge in [0.25, 0.3) is 0 Å². The van der Waals surface area contributed by atoms with Gasteiger partial charge < -0.3 is 0 Å². The highest BCUT2D eigenvalue weighted by atomic mass is 14.2.